The van der Waals surface area contributed by atoms with Gasteiger partial charge in [0.25, 0.3) is 8.32 Å². The maximum Gasteiger partial charge on any atom is 0.261 e. The van der Waals surface area contributed by atoms with Crippen molar-refractivity contribution in [1.82, 2.24) is 0 Å². The van der Waals surface area contributed by atoms with Crippen LogP contribution >= 0.6 is 0 Å². The van der Waals surface area contributed by atoms with Gasteiger partial charge in [0.2, 0.25) is 5.79 Å². The van der Waals surface area contributed by atoms with Crippen LogP contribution in [0.3, 0.4) is 0 Å². The third-order valence-corrected chi connectivity index (χ3v) is 18.5. The van der Waals surface area contributed by atoms with Gasteiger partial charge in [-0.1, -0.05) is 203 Å². The van der Waals surface area contributed by atoms with Crippen LogP contribution in [0, 0.1) is 5.82 Å². The molecule has 5 N–H and O–H groups in total. The number of aliphatic hydroxyl groups excluding tert-OH is 1. The van der Waals surface area contributed by atoms with E-state index in [1.807, 2.05) is 78.9 Å². The number of hydrogen-bond donors (Lipinski definition) is 5. The lowest BCUT2D eigenvalue weighted by Gasteiger charge is -2.65. The first-order valence-electron chi connectivity index (χ1n) is 22.6. The summed E-state index contributed by atoms with van der Waals surface area (Å²) in [6.07, 6.45) is -4.56. The van der Waals surface area contributed by atoms with Gasteiger partial charge < -0.3 is 34.7 Å². The van der Waals surface area contributed by atoms with Crippen LogP contribution in [0.5, 0.6) is 0 Å². The molecule has 0 amide bonds. The van der Waals surface area contributed by atoms with Gasteiger partial charge in [-0.3, -0.25) is 0 Å². The normalized spacial score (nSPS) is 23.9. The average molecular weight is 903 g/mol. The second-order valence-electron chi connectivity index (χ2n) is 18.9. The minimum Gasteiger partial charge on any atom is -0.403 e. The second-order valence-corrected chi connectivity index (χ2v) is 23.2. The molecule has 6 atom stereocenters. The molecule has 0 spiro atoms. The predicted molar refractivity (Wildman–Crippen MR) is 259 cm³/mol. The Labute approximate surface area is 388 Å². The van der Waals surface area contributed by atoms with Crippen molar-refractivity contribution in [2.24, 2.45) is 0 Å². The first-order chi connectivity index (χ1) is 31.6. The van der Waals surface area contributed by atoms with Gasteiger partial charge in [-0.2, -0.15) is 0 Å². The molecule has 0 aliphatic carbocycles. The summed E-state index contributed by atoms with van der Waals surface area (Å²) in [5, 5.41) is 69.4. The summed E-state index contributed by atoms with van der Waals surface area (Å²) in [7, 11) is -3.16. The summed E-state index contributed by atoms with van der Waals surface area (Å²) in [6.45, 7) is 6.33. The van der Waals surface area contributed by atoms with E-state index in [0.717, 1.165) is 16.4 Å². The molecule has 1 heterocycles. The Bertz CT molecular complexity index is 2620. The van der Waals surface area contributed by atoms with Gasteiger partial charge in [0, 0.05) is 31.2 Å². The zero-order valence-electron chi connectivity index (χ0n) is 37.7. The van der Waals surface area contributed by atoms with Crippen LogP contribution < -0.4 is 10.4 Å². The van der Waals surface area contributed by atoms with E-state index < -0.39 is 66.8 Å². The van der Waals surface area contributed by atoms with Crippen molar-refractivity contribution in [3.63, 3.8) is 0 Å². The summed E-state index contributed by atoms with van der Waals surface area (Å²) in [6, 6.07) is 59.9. The van der Waals surface area contributed by atoms with Crippen LogP contribution in [-0.4, -0.2) is 62.9 Å². The number of hydrogen-bond acceptors (Lipinski definition) is 7. The quantitative estimate of drug-likeness (QED) is 0.0663. The molecule has 8 rings (SSSR count). The Balaban J connectivity index is 1.34. The summed E-state index contributed by atoms with van der Waals surface area (Å²) in [4.78, 5) is 0. The minimum absolute atomic E-state index is 0.0576. The number of aliphatic hydroxyl groups is 5. The smallest absolute Gasteiger partial charge is 0.261 e. The van der Waals surface area contributed by atoms with Gasteiger partial charge in [-0.25, -0.2) is 4.39 Å². The van der Waals surface area contributed by atoms with E-state index in [9.17, 15) is 25.5 Å². The highest BCUT2D eigenvalue weighted by atomic mass is 28.4. The zero-order chi connectivity index (χ0) is 46.6. The molecule has 7 aromatic carbocycles. The summed E-state index contributed by atoms with van der Waals surface area (Å²) < 4.78 is 30.6. The molecule has 66 heavy (non-hydrogen) atoms. The maximum atomic E-state index is 16.6. The fourth-order valence-electron chi connectivity index (χ4n) is 10.3. The molecule has 7 aromatic rings. The molecule has 1 aliphatic rings. The van der Waals surface area contributed by atoms with Crippen molar-refractivity contribution in [3.05, 3.63) is 239 Å². The Morgan fingerprint density at radius 3 is 1.41 bits per heavy atom. The number of halogens is 1. The van der Waals surface area contributed by atoms with Gasteiger partial charge in [0.15, 0.2) is 5.60 Å². The highest BCUT2D eigenvalue weighted by Crippen LogP contribution is 2.57. The second kappa shape index (κ2) is 19.0. The van der Waals surface area contributed by atoms with E-state index in [1.165, 1.54) is 12.1 Å². The molecular weight excluding hydrogens is 844 g/mol. The van der Waals surface area contributed by atoms with Gasteiger partial charge >= 0.3 is 0 Å². The third kappa shape index (κ3) is 8.74. The largest absolute Gasteiger partial charge is 0.403 e. The molecule has 0 bridgehead atoms. The lowest BCUT2D eigenvalue weighted by molar-refractivity contribution is -0.453. The van der Waals surface area contributed by atoms with Crippen molar-refractivity contribution < 1.29 is 39.1 Å². The molecule has 0 radical (unpaired) electrons. The Morgan fingerprint density at radius 2 is 0.955 bits per heavy atom. The molecule has 1 unspecified atom stereocenters. The Morgan fingerprint density at radius 1 is 0.545 bits per heavy atom. The van der Waals surface area contributed by atoms with Crippen molar-refractivity contribution >= 4 is 18.7 Å². The highest BCUT2D eigenvalue weighted by Gasteiger charge is 2.77. The van der Waals surface area contributed by atoms with Gasteiger partial charge in [0.1, 0.15) is 23.1 Å². The van der Waals surface area contributed by atoms with Gasteiger partial charge in [0.05, 0.1) is 12.7 Å². The lowest BCUT2D eigenvalue weighted by Crippen LogP contribution is -2.85. The van der Waals surface area contributed by atoms with Crippen molar-refractivity contribution in [2.75, 3.05) is 0 Å². The van der Waals surface area contributed by atoms with Crippen LogP contribution in [0.4, 0.5) is 4.39 Å². The molecule has 0 saturated carbocycles. The topological polar surface area (TPSA) is 120 Å². The molecular formula is C57H59FO7Si. The van der Waals surface area contributed by atoms with E-state index in [4.69, 9.17) is 9.16 Å². The molecule has 1 saturated heterocycles. The lowest BCUT2D eigenvalue weighted by atomic mass is 9.55. The van der Waals surface area contributed by atoms with Crippen LogP contribution in [0.1, 0.15) is 54.2 Å². The first kappa shape index (κ1) is 46.9. The third-order valence-electron chi connectivity index (χ3n) is 13.5. The predicted octanol–water partition coefficient (Wildman–Crippen LogP) is 7.97. The molecule has 0 aromatic heterocycles. The Hall–Kier alpha value is -5.59. The van der Waals surface area contributed by atoms with Gasteiger partial charge in [-0.15, -0.1) is 0 Å². The van der Waals surface area contributed by atoms with Crippen molar-refractivity contribution in [3.8, 4) is 0 Å². The SMILES string of the molecule is CC(C)(C)[Si](OCc1cc(F)cc([C@]2(O)O[C@H](C(O)Cc3ccccc3)[C@](O)(Cc3ccccc3)[C@@](O)(Cc3ccccc3)[C@]2(O)Cc2ccccc2)c1)(c1ccccc1)c1ccccc1. The van der Waals surface area contributed by atoms with E-state index in [2.05, 4.69) is 45.0 Å². The van der Waals surface area contributed by atoms with Crippen LogP contribution in [0.15, 0.2) is 200 Å². The van der Waals surface area contributed by atoms with E-state index in [1.54, 1.807) is 78.9 Å². The van der Waals surface area contributed by atoms with E-state index in [0.29, 0.717) is 27.8 Å². The molecule has 340 valence electrons. The first-order valence-corrected chi connectivity index (χ1v) is 24.5. The maximum absolute atomic E-state index is 16.6. The summed E-state index contributed by atoms with van der Waals surface area (Å²) in [5.74, 6) is -3.74. The van der Waals surface area contributed by atoms with E-state index in [-0.39, 0.29) is 25.0 Å². The van der Waals surface area contributed by atoms with Gasteiger partial charge in [-0.05, 0) is 61.4 Å². The Kier molecular flexibility index (Phi) is 13.5. The fourth-order valence-corrected chi connectivity index (χ4v) is 14.8. The molecule has 9 heteroatoms. The van der Waals surface area contributed by atoms with Crippen molar-refractivity contribution in [2.45, 2.75) is 92.9 Å². The number of ether oxygens (including phenoxy) is 1. The molecule has 1 aliphatic heterocycles. The average Bonchev–Trinajstić information content (AvgIpc) is 3.31. The van der Waals surface area contributed by atoms with Crippen LogP contribution in [-0.2, 0) is 47.2 Å². The van der Waals surface area contributed by atoms with Crippen LogP contribution in [0.2, 0.25) is 5.04 Å². The summed E-state index contributed by atoms with van der Waals surface area (Å²) >= 11 is 0. The minimum atomic E-state index is -3.16. The van der Waals surface area contributed by atoms with E-state index >= 15 is 4.39 Å². The van der Waals surface area contributed by atoms with Crippen molar-refractivity contribution in [1.29, 1.82) is 0 Å². The monoisotopic (exact) mass is 902 g/mol. The van der Waals surface area contributed by atoms with Crippen LogP contribution in [0.25, 0.3) is 0 Å². The zero-order valence-corrected chi connectivity index (χ0v) is 38.7. The molecule has 7 nitrogen and oxygen atoms in total. The number of benzene rings is 7. The fraction of sp³-hybridized carbons (Fsp3) is 0.263. The number of rotatable bonds is 15. The highest BCUT2D eigenvalue weighted by molar-refractivity contribution is 6.99. The standard InChI is InChI=1S/C57H59FO7Si/c1-53(2,3)66(49-30-18-8-19-31-49,50-32-20-9-21-33-50)64-41-46-34-47(37-48(58)35-46)57(63)56(62,40-45-28-16-7-17-29-45)55(61,39-44-26-14-6-15-27-44)54(60,38-43-24-12-5-13-25-43)52(65-57)51(59)36-42-22-10-4-11-23-42/h4-35,37,51-52,59-63H,36,38-41H2,1-3H3/t51?,52-,54-,55+,56-,57+/m1/s1. The summed E-state index contributed by atoms with van der Waals surface area (Å²) in [5.41, 5.74) is -5.67. The molecule has 1 fully saturated rings.